The van der Waals surface area contributed by atoms with Gasteiger partial charge in [0.25, 0.3) is 0 Å². The molecule has 0 heterocycles. The molecule has 0 spiro atoms. The number of methoxy groups -OCH3 is 2. The summed E-state index contributed by atoms with van der Waals surface area (Å²) >= 11 is 0. The van der Waals surface area contributed by atoms with E-state index < -0.39 is 0 Å². The minimum Gasteiger partial charge on any atom is -0.497 e. The standard InChI is InChI=1S/C22H27N3O3/c1-5-13-28-21-14-18(9-12-20(21)27-4)16-25-22(23-6-2)24-15-17-7-10-19(26-3)11-8-17/h1,7-12,14H,6,13,15-16H2,2-4H3,(H2,23,24,25). The van der Waals surface area contributed by atoms with Crippen LogP contribution in [0.5, 0.6) is 17.2 Å². The van der Waals surface area contributed by atoms with Crippen molar-refractivity contribution in [2.24, 2.45) is 4.99 Å². The van der Waals surface area contributed by atoms with Gasteiger partial charge < -0.3 is 24.8 Å². The fourth-order valence-electron chi connectivity index (χ4n) is 2.49. The van der Waals surface area contributed by atoms with Crippen LogP contribution in [-0.4, -0.2) is 33.3 Å². The van der Waals surface area contributed by atoms with Gasteiger partial charge in [-0.05, 0) is 42.3 Å². The highest BCUT2D eigenvalue weighted by Gasteiger charge is 2.06. The molecular weight excluding hydrogens is 354 g/mol. The highest BCUT2D eigenvalue weighted by molar-refractivity contribution is 5.79. The van der Waals surface area contributed by atoms with E-state index in [1.54, 1.807) is 14.2 Å². The lowest BCUT2D eigenvalue weighted by atomic mass is 10.2. The molecule has 0 aliphatic rings. The molecule has 0 saturated carbocycles. The zero-order chi connectivity index (χ0) is 20.2. The Morgan fingerprint density at radius 2 is 1.75 bits per heavy atom. The molecule has 0 unspecified atom stereocenters. The van der Waals surface area contributed by atoms with Gasteiger partial charge in [0.05, 0.1) is 20.8 Å². The minimum atomic E-state index is 0.190. The maximum atomic E-state index is 5.55. The van der Waals surface area contributed by atoms with Crippen molar-refractivity contribution in [2.45, 2.75) is 20.0 Å². The lowest BCUT2D eigenvalue weighted by Gasteiger charge is -2.13. The van der Waals surface area contributed by atoms with Crippen LogP contribution in [0.3, 0.4) is 0 Å². The van der Waals surface area contributed by atoms with Crippen molar-refractivity contribution in [1.29, 1.82) is 0 Å². The van der Waals surface area contributed by atoms with Crippen LogP contribution < -0.4 is 24.8 Å². The van der Waals surface area contributed by atoms with Crippen LogP contribution in [0.4, 0.5) is 0 Å². The molecule has 0 aromatic heterocycles. The van der Waals surface area contributed by atoms with Gasteiger partial charge in [0.1, 0.15) is 12.4 Å². The van der Waals surface area contributed by atoms with E-state index in [0.29, 0.717) is 24.6 Å². The van der Waals surface area contributed by atoms with E-state index in [9.17, 15) is 0 Å². The van der Waals surface area contributed by atoms with Gasteiger partial charge in [0.2, 0.25) is 0 Å². The summed E-state index contributed by atoms with van der Waals surface area (Å²) in [5.74, 6) is 5.30. The van der Waals surface area contributed by atoms with Crippen molar-refractivity contribution >= 4 is 5.96 Å². The van der Waals surface area contributed by atoms with Crippen molar-refractivity contribution in [3.8, 4) is 29.6 Å². The molecule has 0 radical (unpaired) electrons. The van der Waals surface area contributed by atoms with Gasteiger partial charge in [-0.25, -0.2) is 4.99 Å². The molecule has 0 saturated heterocycles. The predicted octanol–water partition coefficient (Wildman–Crippen LogP) is 2.97. The molecule has 0 fully saturated rings. The van der Waals surface area contributed by atoms with E-state index >= 15 is 0 Å². The predicted molar refractivity (Wildman–Crippen MR) is 112 cm³/mol. The summed E-state index contributed by atoms with van der Waals surface area (Å²) in [4.78, 5) is 4.64. The smallest absolute Gasteiger partial charge is 0.191 e. The number of ether oxygens (including phenoxy) is 3. The number of guanidine groups is 1. The Labute approximate surface area is 166 Å². The molecule has 28 heavy (non-hydrogen) atoms. The summed E-state index contributed by atoms with van der Waals surface area (Å²) in [6, 6.07) is 13.6. The Kier molecular flexibility index (Phi) is 8.54. The summed E-state index contributed by atoms with van der Waals surface area (Å²) in [6.45, 7) is 4.15. The lowest BCUT2D eigenvalue weighted by Crippen LogP contribution is -2.36. The summed E-state index contributed by atoms with van der Waals surface area (Å²) in [5.41, 5.74) is 2.13. The number of benzene rings is 2. The first-order valence-corrected chi connectivity index (χ1v) is 9.08. The van der Waals surface area contributed by atoms with Crippen LogP contribution in [0.2, 0.25) is 0 Å². The molecule has 2 aromatic rings. The van der Waals surface area contributed by atoms with Crippen LogP contribution in [0.25, 0.3) is 0 Å². The Balaban J connectivity index is 2.03. The zero-order valence-corrected chi connectivity index (χ0v) is 16.6. The Morgan fingerprint density at radius 1 is 1.00 bits per heavy atom. The van der Waals surface area contributed by atoms with Gasteiger partial charge in [0.15, 0.2) is 17.5 Å². The maximum Gasteiger partial charge on any atom is 0.191 e. The third kappa shape index (κ3) is 6.44. The number of nitrogens with one attached hydrogen (secondary N) is 2. The van der Waals surface area contributed by atoms with Gasteiger partial charge in [-0.3, -0.25) is 0 Å². The van der Waals surface area contributed by atoms with Gasteiger partial charge in [-0.15, -0.1) is 6.42 Å². The van der Waals surface area contributed by atoms with Gasteiger partial charge in [-0.2, -0.15) is 0 Å². The normalized spacial score (nSPS) is 10.7. The molecule has 0 aliphatic carbocycles. The number of nitrogens with zero attached hydrogens (tertiary/aromatic N) is 1. The monoisotopic (exact) mass is 381 g/mol. The molecule has 6 heteroatoms. The summed E-state index contributed by atoms with van der Waals surface area (Å²) in [7, 11) is 3.26. The fourth-order valence-corrected chi connectivity index (χ4v) is 2.49. The Hall–Kier alpha value is -3.33. The van der Waals surface area contributed by atoms with Crippen LogP contribution >= 0.6 is 0 Å². The number of terminal acetylenes is 1. The molecule has 148 valence electrons. The van der Waals surface area contributed by atoms with Crippen LogP contribution in [0.15, 0.2) is 47.5 Å². The third-order valence-electron chi connectivity index (χ3n) is 3.92. The highest BCUT2D eigenvalue weighted by Crippen LogP contribution is 2.28. The molecule has 2 N–H and O–H groups in total. The van der Waals surface area contributed by atoms with E-state index in [-0.39, 0.29) is 6.61 Å². The van der Waals surface area contributed by atoms with Gasteiger partial charge >= 0.3 is 0 Å². The molecule has 0 atom stereocenters. The van der Waals surface area contributed by atoms with Crippen molar-refractivity contribution in [3.05, 3.63) is 53.6 Å². The number of hydrogen-bond donors (Lipinski definition) is 2. The molecular formula is C22H27N3O3. The third-order valence-corrected chi connectivity index (χ3v) is 3.92. The second kappa shape index (κ2) is 11.4. The van der Waals surface area contributed by atoms with Crippen molar-refractivity contribution in [1.82, 2.24) is 10.6 Å². The van der Waals surface area contributed by atoms with E-state index in [1.165, 1.54) is 0 Å². The van der Waals surface area contributed by atoms with E-state index in [2.05, 4.69) is 21.5 Å². The number of rotatable bonds is 9. The zero-order valence-electron chi connectivity index (χ0n) is 16.6. The average molecular weight is 381 g/mol. The summed E-state index contributed by atoms with van der Waals surface area (Å²) in [5, 5.41) is 6.58. The van der Waals surface area contributed by atoms with Crippen molar-refractivity contribution in [3.63, 3.8) is 0 Å². The summed E-state index contributed by atoms with van der Waals surface area (Å²) in [6.07, 6.45) is 5.27. The SMILES string of the molecule is C#CCOc1cc(CN=C(NCC)NCc2ccc(OC)cc2)ccc1OC. The minimum absolute atomic E-state index is 0.190. The topological polar surface area (TPSA) is 64.1 Å². The van der Waals surface area contributed by atoms with E-state index in [4.69, 9.17) is 20.6 Å². The quantitative estimate of drug-likeness (QED) is 0.397. The maximum absolute atomic E-state index is 5.55. The second-order valence-corrected chi connectivity index (χ2v) is 5.87. The molecule has 0 amide bonds. The summed E-state index contributed by atoms with van der Waals surface area (Å²) < 4.78 is 16.0. The Morgan fingerprint density at radius 3 is 2.39 bits per heavy atom. The Bertz CT molecular complexity index is 811. The number of hydrogen-bond acceptors (Lipinski definition) is 4. The van der Waals surface area contributed by atoms with E-state index in [0.717, 1.165) is 29.4 Å². The first-order chi connectivity index (χ1) is 13.7. The van der Waals surface area contributed by atoms with Crippen LogP contribution in [0.1, 0.15) is 18.1 Å². The van der Waals surface area contributed by atoms with Crippen LogP contribution in [-0.2, 0) is 13.1 Å². The number of aliphatic imine (C=N–C) groups is 1. The average Bonchev–Trinajstić information content (AvgIpc) is 2.74. The van der Waals surface area contributed by atoms with Crippen LogP contribution in [0, 0.1) is 12.3 Å². The molecule has 0 bridgehead atoms. The van der Waals surface area contributed by atoms with Crippen molar-refractivity contribution in [2.75, 3.05) is 27.4 Å². The van der Waals surface area contributed by atoms with Gasteiger partial charge in [0, 0.05) is 13.1 Å². The first-order valence-electron chi connectivity index (χ1n) is 9.08. The fraction of sp³-hybridized carbons (Fsp3) is 0.318. The second-order valence-electron chi connectivity index (χ2n) is 5.87. The highest BCUT2D eigenvalue weighted by atomic mass is 16.5. The molecule has 2 rings (SSSR count). The lowest BCUT2D eigenvalue weighted by molar-refractivity contribution is 0.330. The van der Waals surface area contributed by atoms with Crippen molar-refractivity contribution < 1.29 is 14.2 Å². The van der Waals surface area contributed by atoms with E-state index in [1.807, 2.05) is 49.4 Å². The van der Waals surface area contributed by atoms with Gasteiger partial charge in [-0.1, -0.05) is 24.1 Å². The molecule has 2 aromatic carbocycles. The molecule has 0 aliphatic heterocycles. The largest absolute Gasteiger partial charge is 0.497 e. The molecule has 6 nitrogen and oxygen atoms in total. The first kappa shape index (κ1) is 21.0.